The Morgan fingerprint density at radius 2 is 0.575 bits per heavy atom. The van der Waals surface area contributed by atoms with Crippen LogP contribution in [0.5, 0.6) is 0 Å². The first-order valence-corrected chi connectivity index (χ1v) is 13.8. The molecule has 2 aliphatic rings. The van der Waals surface area contributed by atoms with Crippen LogP contribution < -0.4 is 0 Å². The van der Waals surface area contributed by atoms with Crippen molar-refractivity contribution in [2.75, 3.05) is 92.5 Å². The predicted molar refractivity (Wildman–Crippen MR) is 134 cm³/mol. The third kappa shape index (κ3) is 15.4. The number of carbonyl (C=O) groups excluding carboxylic acids is 4. The van der Waals surface area contributed by atoms with Gasteiger partial charge in [0.1, 0.15) is 26.4 Å². The van der Waals surface area contributed by atoms with E-state index in [4.69, 9.17) is 47.4 Å². The van der Waals surface area contributed by atoms with Gasteiger partial charge in [-0.15, -0.1) is 0 Å². The maximum Gasteiger partial charge on any atom is 0.347 e. The van der Waals surface area contributed by atoms with Gasteiger partial charge in [-0.3, -0.25) is 0 Å². The standard InChI is InChI=1S/C26H42O14/c27-23-21-24(28)38-18-14-32-10-12-34-16-20-40-26(30)22(36-8-6-4-2-1-3-5-7-35-21)25(29)39-19-15-33-11-9-31-13-17-37-23/h21-22H,1-20H2. The molecule has 0 aliphatic carbocycles. The van der Waals surface area contributed by atoms with E-state index in [2.05, 4.69) is 0 Å². The average molecular weight is 579 g/mol. The van der Waals surface area contributed by atoms with Crippen molar-refractivity contribution >= 4 is 23.9 Å². The summed E-state index contributed by atoms with van der Waals surface area (Å²) >= 11 is 0. The Kier molecular flexibility index (Phi) is 18.9. The van der Waals surface area contributed by atoms with Crippen LogP contribution in [0.3, 0.4) is 0 Å². The molecule has 2 aliphatic heterocycles. The monoisotopic (exact) mass is 578 g/mol. The number of esters is 4. The van der Waals surface area contributed by atoms with Crippen molar-refractivity contribution in [3.05, 3.63) is 0 Å². The molecule has 2 saturated heterocycles. The molecule has 14 nitrogen and oxygen atoms in total. The average Bonchev–Trinajstić information content (AvgIpc) is 2.94. The van der Waals surface area contributed by atoms with E-state index in [9.17, 15) is 19.2 Å². The zero-order valence-corrected chi connectivity index (χ0v) is 23.0. The van der Waals surface area contributed by atoms with Crippen molar-refractivity contribution in [3.8, 4) is 0 Å². The molecular formula is C26H42O14. The summed E-state index contributed by atoms with van der Waals surface area (Å²) in [6.45, 7) is 1.01. The molecule has 0 atom stereocenters. The van der Waals surface area contributed by atoms with Crippen LogP contribution in [0.1, 0.15) is 38.5 Å². The first-order valence-electron chi connectivity index (χ1n) is 13.8. The van der Waals surface area contributed by atoms with Crippen molar-refractivity contribution in [2.45, 2.75) is 50.7 Å². The van der Waals surface area contributed by atoms with Gasteiger partial charge in [0, 0.05) is 13.2 Å². The van der Waals surface area contributed by atoms with Crippen molar-refractivity contribution in [1.82, 2.24) is 0 Å². The fourth-order valence-corrected chi connectivity index (χ4v) is 3.53. The van der Waals surface area contributed by atoms with Crippen molar-refractivity contribution in [3.63, 3.8) is 0 Å². The van der Waals surface area contributed by atoms with Crippen LogP contribution in [-0.2, 0) is 66.5 Å². The number of hydrogen-bond acceptors (Lipinski definition) is 14. The van der Waals surface area contributed by atoms with Gasteiger partial charge in [0.15, 0.2) is 0 Å². The Balaban J connectivity index is 2.04. The molecule has 2 rings (SSSR count). The maximum atomic E-state index is 12.5. The van der Waals surface area contributed by atoms with E-state index in [-0.39, 0.29) is 92.5 Å². The van der Waals surface area contributed by atoms with Crippen LogP contribution in [0.4, 0.5) is 0 Å². The Hall–Kier alpha value is -2.36. The van der Waals surface area contributed by atoms with Gasteiger partial charge in [0.25, 0.3) is 12.2 Å². The second-order valence-corrected chi connectivity index (χ2v) is 8.74. The summed E-state index contributed by atoms with van der Waals surface area (Å²) in [6, 6.07) is 0. The molecule has 0 aromatic rings. The Labute approximate surface area is 234 Å². The van der Waals surface area contributed by atoms with Crippen molar-refractivity contribution < 1.29 is 66.5 Å². The second-order valence-electron chi connectivity index (χ2n) is 8.74. The Morgan fingerprint density at radius 1 is 0.325 bits per heavy atom. The minimum Gasteiger partial charge on any atom is -0.461 e. The SMILES string of the molecule is O=C1OCCOCCOCCOC(=O)C2OCCCCCCCCOC1C(=O)OCCOCCOCCOC2=O. The molecule has 40 heavy (non-hydrogen) atoms. The third-order valence-electron chi connectivity index (χ3n) is 5.60. The highest BCUT2D eigenvalue weighted by atomic mass is 16.6. The van der Waals surface area contributed by atoms with E-state index in [1.165, 1.54) is 0 Å². The third-order valence-corrected chi connectivity index (χ3v) is 5.60. The Morgan fingerprint density at radius 3 is 0.875 bits per heavy atom. The van der Waals surface area contributed by atoms with Crippen LogP contribution in [0.15, 0.2) is 0 Å². The highest BCUT2D eigenvalue weighted by molar-refractivity contribution is 5.98. The molecule has 2 bridgehead atoms. The number of rotatable bonds is 0. The van der Waals surface area contributed by atoms with Crippen molar-refractivity contribution in [1.29, 1.82) is 0 Å². The molecule has 0 spiro atoms. The lowest BCUT2D eigenvalue weighted by Gasteiger charge is -2.17. The minimum atomic E-state index is -1.50. The molecule has 0 radical (unpaired) electrons. The molecule has 0 unspecified atom stereocenters. The highest BCUT2D eigenvalue weighted by Crippen LogP contribution is 2.09. The molecule has 14 heteroatoms. The van der Waals surface area contributed by atoms with Gasteiger partial charge in [0.05, 0.1) is 52.9 Å². The molecule has 2 fully saturated rings. The lowest BCUT2D eigenvalue weighted by atomic mass is 10.1. The van der Waals surface area contributed by atoms with Crippen LogP contribution in [0.25, 0.3) is 0 Å². The van der Waals surface area contributed by atoms with Gasteiger partial charge in [-0.1, -0.05) is 25.7 Å². The van der Waals surface area contributed by atoms with Crippen LogP contribution in [0.2, 0.25) is 0 Å². The molecule has 0 aromatic heterocycles. The van der Waals surface area contributed by atoms with Crippen LogP contribution >= 0.6 is 0 Å². The largest absolute Gasteiger partial charge is 0.461 e. The summed E-state index contributed by atoms with van der Waals surface area (Å²) in [5.74, 6) is -3.40. The van der Waals surface area contributed by atoms with E-state index in [0.717, 1.165) is 25.7 Å². The second kappa shape index (κ2) is 22.3. The normalized spacial score (nSPS) is 26.4. The maximum absolute atomic E-state index is 12.5. The quantitative estimate of drug-likeness (QED) is 0.220. The van der Waals surface area contributed by atoms with E-state index in [1.807, 2.05) is 0 Å². The van der Waals surface area contributed by atoms with Gasteiger partial charge in [-0.2, -0.15) is 0 Å². The lowest BCUT2D eigenvalue weighted by molar-refractivity contribution is -0.177. The first-order chi connectivity index (χ1) is 19.6. The highest BCUT2D eigenvalue weighted by Gasteiger charge is 2.32. The van der Waals surface area contributed by atoms with Gasteiger partial charge in [0.2, 0.25) is 0 Å². The first kappa shape index (κ1) is 33.8. The van der Waals surface area contributed by atoms with Crippen LogP contribution in [-0.4, -0.2) is 129 Å². The molecule has 0 amide bonds. The number of hydrogen-bond donors (Lipinski definition) is 0. The summed E-state index contributed by atoms with van der Waals surface area (Å²) in [5.41, 5.74) is 0. The minimum absolute atomic E-state index is 0.0723. The fraction of sp³-hybridized carbons (Fsp3) is 0.846. The van der Waals surface area contributed by atoms with Gasteiger partial charge in [-0.05, 0) is 12.8 Å². The zero-order chi connectivity index (χ0) is 28.7. The molecule has 0 saturated carbocycles. The molecule has 2 heterocycles. The summed E-state index contributed by atoms with van der Waals surface area (Å²) < 4.78 is 53.0. The topological polar surface area (TPSA) is 161 Å². The number of cyclic esters (lactones) is 4. The van der Waals surface area contributed by atoms with Gasteiger partial charge < -0.3 is 47.4 Å². The van der Waals surface area contributed by atoms with Crippen LogP contribution in [0, 0.1) is 0 Å². The summed E-state index contributed by atoms with van der Waals surface area (Å²) in [5, 5.41) is 0. The number of fused-ring (bicyclic) bond motifs is 11. The van der Waals surface area contributed by atoms with Gasteiger partial charge in [-0.25, -0.2) is 19.2 Å². The van der Waals surface area contributed by atoms with Gasteiger partial charge >= 0.3 is 23.9 Å². The fourth-order valence-electron chi connectivity index (χ4n) is 3.53. The number of carbonyl (C=O) groups is 4. The van der Waals surface area contributed by atoms with E-state index >= 15 is 0 Å². The summed E-state index contributed by atoms with van der Waals surface area (Å²) in [6.07, 6.45) is 1.63. The van der Waals surface area contributed by atoms with Crippen molar-refractivity contribution in [2.24, 2.45) is 0 Å². The molecular weight excluding hydrogens is 536 g/mol. The lowest BCUT2D eigenvalue weighted by Crippen LogP contribution is -2.37. The Bertz CT molecular complexity index is 622. The molecule has 230 valence electrons. The summed E-state index contributed by atoms with van der Waals surface area (Å²) in [7, 11) is 0. The smallest absolute Gasteiger partial charge is 0.347 e. The molecule has 0 aromatic carbocycles. The van der Waals surface area contributed by atoms with E-state index < -0.39 is 36.1 Å². The zero-order valence-electron chi connectivity index (χ0n) is 23.0. The number of ether oxygens (including phenoxy) is 10. The summed E-state index contributed by atoms with van der Waals surface area (Å²) in [4.78, 5) is 50.1. The molecule has 0 N–H and O–H groups in total. The van der Waals surface area contributed by atoms with E-state index in [1.54, 1.807) is 0 Å². The van der Waals surface area contributed by atoms with E-state index in [0.29, 0.717) is 12.8 Å². The predicted octanol–water partition coefficient (Wildman–Crippen LogP) is 0.364.